The highest BCUT2D eigenvalue weighted by molar-refractivity contribution is 5.92. The predicted octanol–water partition coefficient (Wildman–Crippen LogP) is 3.28. The molecule has 4 heteroatoms. The van der Waals surface area contributed by atoms with Gasteiger partial charge in [0.1, 0.15) is 12.2 Å². The van der Waals surface area contributed by atoms with Gasteiger partial charge in [-0.15, -0.1) is 0 Å². The summed E-state index contributed by atoms with van der Waals surface area (Å²) < 4.78 is 5.61. The lowest BCUT2D eigenvalue weighted by Gasteiger charge is -2.14. The summed E-state index contributed by atoms with van der Waals surface area (Å²) in [6.45, 7) is 5.80. The summed E-state index contributed by atoms with van der Waals surface area (Å²) in [6.07, 6.45) is 0. The van der Waals surface area contributed by atoms with E-state index in [1.54, 1.807) is 6.92 Å². The number of aromatic nitrogens is 1. The molecule has 1 heterocycles. The number of hydrogen-bond donors (Lipinski definition) is 1. The fraction of sp³-hybridized carbons (Fsp3) is 0.250. The molecule has 0 radical (unpaired) electrons. The molecule has 2 rings (SSSR count). The number of rotatable bonds is 4. The molecule has 0 atom stereocenters. The van der Waals surface area contributed by atoms with Crippen molar-refractivity contribution in [1.82, 2.24) is 4.98 Å². The molecule has 1 aromatic carbocycles. The van der Waals surface area contributed by atoms with Gasteiger partial charge in [0, 0.05) is 5.69 Å². The van der Waals surface area contributed by atoms with Crippen LogP contribution in [0.15, 0.2) is 30.3 Å². The Kier molecular flexibility index (Phi) is 4.03. The molecule has 0 aliphatic rings. The lowest BCUT2D eigenvalue weighted by Crippen LogP contribution is -2.10. The van der Waals surface area contributed by atoms with Crippen molar-refractivity contribution in [3.8, 4) is 5.88 Å². The first-order chi connectivity index (χ1) is 9.50. The summed E-state index contributed by atoms with van der Waals surface area (Å²) in [4.78, 5) is 15.7. The molecule has 0 bridgehead atoms. The molecular weight excluding hydrogens is 254 g/mol. The van der Waals surface area contributed by atoms with Gasteiger partial charge in [0.2, 0.25) is 5.88 Å². The van der Waals surface area contributed by atoms with Gasteiger partial charge in [-0.05, 0) is 37.5 Å². The lowest BCUT2D eigenvalue weighted by atomic mass is 10.0. The standard InChI is InChI=1S/C16H17NO3/c1-10-11(2)14(16(18)19)15(17-12(10)3)20-9-13-7-5-4-6-8-13/h4-8H,9H2,1-3H3,(H,18,19). The lowest BCUT2D eigenvalue weighted by molar-refractivity contribution is 0.0689. The van der Waals surface area contributed by atoms with Crippen LogP contribution in [0.4, 0.5) is 0 Å². The molecule has 0 aliphatic heterocycles. The van der Waals surface area contributed by atoms with E-state index in [1.165, 1.54) is 0 Å². The third kappa shape index (κ3) is 2.79. The first-order valence-corrected chi connectivity index (χ1v) is 6.38. The maximum Gasteiger partial charge on any atom is 0.341 e. The third-order valence-corrected chi connectivity index (χ3v) is 3.40. The van der Waals surface area contributed by atoms with Gasteiger partial charge < -0.3 is 9.84 Å². The van der Waals surface area contributed by atoms with E-state index in [1.807, 2.05) is 44.2 Å². The minimum atomic E-state index is -1.01. The van der Waals surface area contributed by atoms with E-state index in [9.17, 15) is 9.90 Å². The smallest absolute Gasteiger partial charge is 0.341 e. The summed E-state index contributed by atoms with van der Waals surface area (Å²) in [5.41, 5.74) is 3.49. The van der Waals surface area contributed by atoms with E-state index in [4.69, 9.17) is 4.74 Å². The Morgan fingerprint density at radius 2 is 1.80 bits per heavy atom. The van der Waals surface area contributed by atoms with Crippen LogP contribution in [-0.4, -0.2) is 16.1 Å². The minimum absolute atomic E-state index is 0.143. The van der Waals surface area contributed by atoms with Gasteiger partial charge in [-0.25, -0.2) is 9.78 Å². The number of benzene rings is 1. The summed E-state index contributed by atoms with van der Waals surface area (Å²) in [6, 6.07) is 9.60. The van der Waals surface area contributed by atoms with Crippen LogP contribution in [0.5, 0.6) is 5.88 Å². The van der Waals surface area contributed by atoms with Gasteiger partial charge in [-0.3, -0.25) is 0 Å². The minimum Gasteiger partial charge on any atom is -0.477 e. The number of aryl methyl sites for hydroxylation is 1. The molecule has 0 saturated carbocycles. The van der Waals surface area contributed by atoms with E-state index in [-0.39, 0.29) is 11.4 Å². The van der Waals surface area contributed by atoms with Gasteiger partial charge in [-0.2, -0.15) is 0 Å². The molecule has 1 N–H and O–H groups in total. The third-order valence-electron chi connectivity index (χ3n) is 3.40. The fourth-order valence-electron chi connectivity index (χ4n) is 1.99. The number of hydrogen-bond acceptors (Lipinski definition) is 3. The van der Waals surface area contributed by atoms with Crippen molar-refractivity contribution in [2.45, 2.75) is 27.4 Å². The van der Waals surface area contributed by atoms with E-state index >= 15 is 0 Å². The van der Waals surface area contributed by atoms with Crippen LogP contribution in [0.25, 0.3) is 0 Å². The molecule has 2 aromatic rings. The Bertz CT molecular complexity index is 636. The topological polar surface area (TPSA) is 59.4 Å². The average Bonchev–Trinajstić information content (AvgIpc) is 2.43. The summed E-state index contributed by atoms with van der Waals surface area (Å²) in [5.74, 6) is -0.830. The van der Waals surface area contributed by atoms with Crippen molar-refractivity contribution in [3.63, 3.8) is 0 Å². The van der Waals surface area contributed by atoms with Gasteiger partial charge in [0.05, 0.1) is 0 Å². The van der Waals surface area contributed by atoms with Crippen molar-refractivity contribution in [3.05, 3.63) is 58.3 Å². The maximum absolute atomic E-state index is 11.4. The highest BCUT2D eigenvalue weighted by Gasteiger charge is 2.19. The van der Waals surface area contributed by atoms with Gasteiger partial charge in [0.25, 0.3) is 0 Å². The molecule has 4 nitrogen and oxygen atoms in total. The highest BCUT2D eigenvalue weighted by Crippen LogP contribution is 2.25. The van der Waals surface area contributed by atoms with E-state index in [0.29, 0.717) is 12.2 Å². The maximum atomic E-state index is 11.4. The number of aromatic carboxylic acids is 1. The van der Waals surface area contributed by atoms with Crippen molar-refractivity contribution in [2.24, 2.45) is 0 Å². The molecule has 0 fully saturated rings. The Morgan fingerprint density at radius 3 is 2.40 bits per heavy atom. The Balaban J connectivity index is 2.34. The largest absolute Gasteiger partial charge is 0.477 e. The number of ether oxygens (including phenoxy) is 1. The molecule has 0 spiro atoms. The SMILES string of the molecule is Cc1nc(OCc2ccccc2)c(C(=O)O)c(C)c1C. The zero-order chi connectivity index (χ0) is 14.7. The molecule has 0 amide bonds. The van der Waals surface area contributed by atoms with Crippen LogP contribution in [0.2, 0.25) is 0 Å². The van der Waals surface area contributed by atoms with Crippen molar-refractivity contribution >= 4 is 5.97 Å². The second-order valence-electron chi connectivity index (χ2n) is 4.71. The number of pyridine rings is 1. The normalized spacial score (nSPS) is 10.3. The molecule has 20 heavy (non-hydrogen) atoms. The highest BCUT2D eigenvalue weighted by atomic mass is 16.5. The van der Waals surface area contributed by atoms with Gasteiger partial charge in [-0.1, -0.05) is 30.3 Å². The van der Waals surface area contributed by atoms with Crippen molar-refractivity contribution in [2.75, 3.05) is 0 Å². The summed E-state index contributed by atoms with van der Waals surface area (Å²) in [5, 5.41) is 9.34. The van der Waals surface area contributed by atoms with E-state index in [2.05, 4.69) is 4.98 Å². The van der Waals surface area contributed by atoms with Crippen LogP contribution in [0.1, 0.15) is 32.7 Å². The summed E-state index contributed by atoms with van der Waals surface area (Å²) in [7, 11) is 0. The molecule has 0 saturated heterocycles. The first kappa shape index (κ1) is 14.1. The fourth-order valence-corrected chi connectivity index (χ4v) is 1.99. The van der Waals surface area contributed by atoms with Crippen molar-refractivity contribution in [1.29, 1.82) is 0 Å². The van der Waals surface area contributed by atoms with Gasteiger partial charge >= 0.3 is 5.97 Å². The molecule has 1 aromatic heterocycles. The number of carbonyl (C=O) groups is 1. The number of carboxylic acid groups (broad SMARTS) is 1. The molecular formula is C16H17NO3. The number of carboxylic acids is 1. The Morgan fingerprint density at radius 1 is 1.15 bits per heavy atom. The Hall–Kier alpha value is -2.36. The van der Waals surface area contributed by atoms with Crippen LogP contribution in [-0.2, 0) is 6.61 Å². The van der Waals surface area contributed by atoms with Crippen LogP contribution >= 0.6 is 0 Å². The zero-order valence-electron chi connectivity index (χ0n) is 11.8. The number of nitrogens with zero attached hydrogens (tertiary/aromatic N) is 1. The van der Waals surface area contributed by atoms with Crippen molar-refractivity contribution < 1.29 is 14.6 Å². The predicted molar refractivity (Wildman–Crippen MR) is 76.2 cm³/mol. The second-order valence-corrected chi connectivity index (χ2v) is 4.71. The van der Waals surface area contributed by atoms with Crippen LogP contribution in [0.3, 0.4) is 0 Å². The molecule has 0 unspecified atom stereocenters. The zero-order valence-corrected chi connectivity index (χ0v) is 11.8. The summed E-state index contributed by atoms with van der Waals surface area (Å²) >= 11 is 0. The molecule has 0 aliphatic carbocycles. The van der Waals surface area contributed by atoms with E-state index in [0.717, 1.165) is 16.8 Å². The Labute approximate surface area is 118 Å². The average molecular weight is 271 g/mol. The molecule has 104 valence electrons. The first-order valence-electron chi connectivity index (χ1n) is 6.38. The van der Waals surface area contributed by atoms with E-state index < -0.39 is 5.97 Å². The second kappa shape index (κ2) is 5.74. The quantitative estimate of drug-likeness (QED) is 0.927. The van der Waals surface area contributed by atoms with Crippen LogP contribution in [0, 0.1) is 20.8 Å². The van der Waals surface area contributed by atoms with Gasteiger partial charge in [0.15, 0.2) is 0 Å². The monoisotopic (exact) mass is 271 g/mol. The van der Waals surface area contributed by atoms with Crippen LogP contribution < -0.4 is 4.74 Å².